The highest BCUT2D eigenvalue weighted by Crippen LogP contribution is 2.25. The third-order valence-corrected chi connectivity index (χ3v) is 4.36. The maximum absolute atomic E-state index is 12.5. The number of H-pyrrole nitrogens is 1. The van der Waals surface area contributed by atoms with Crippen LogP contribution in [0, 0.1) is 5.92 Å². The third-order valence-electron chi connectivity index (χ3n) is 4.36. The van der Waals surface area contributed by atoms with Crippen LogP contribution < -0.4 is 16.6 Å². The molecule has 1 saturated carbocycles. The summed E-state index contributed by atoms with van der Waals surface area (Å²) in [5.74, 6) is 0.0149. The maximum atomic E-state index is 12.5. The number of nitrogens with two attached hydrogens (primary N) is 1. The molecule has 1 amide bonds. The Bertz CT molecular complexity index is 567. The largest absolute Gasteiger partial charge is 0.349 e. The molecule has 116 valence electrons. The van der Waals surface area contributed by atoms with E-state index in [4.69, 9.17) is 5.73 Å². The van der Waals surface area contributed by atoms with E-state index in [0.29, 0.717) is 25.3 Å². The first-order valence-corrected chi connectivity index (χ1v) is 7.73. The van der Waals surface area contributed by atoms with Crippen LogP contribution in [0.15, 0.2) is 4.79 Å². The Hall–Kier alpha value is -1.69. The van der Waals surface area contributed by atoms with Gasteiger partial charge in [-0.05, 0) is 43.7 Å². The summed E-state index contributed by atoms with van der Waals surface area (Å²) in [6, 6.07) is 0.0739. The fourth-order valence-electron chi connectivity index (χ4n) is 3.19. The van der Waals surface area contributed by atoms with Crippen molar-refractivity contribution in [3.05, 3.63) is 27.2 Å². The summed E-state index contributed by atoms with van der Waals surface area (Å²) >= 11 is 0. The molecule has 0 bridgehead atoms. The summed E-state index contributed by atoms with van der Waals surface area (Å²) in [6.45, 7) is 4.46. The first kappa shape index (κ1) is 15.7. The average molecular weight is 292 g/mol. The van der Waals surface area contributed by atoms with Crippen molar-refractivity contribution in [2.24, 2.45) is 11.7 Å². The van der Waals surface area contributed by atoms with Crippen molar-refractivity contribution in [1.82, 2.24) is 15.5 Å². The number of aromatic nitrogens is 2. The van der Waals surface area contributed by atoms with Gasteiger partial charge >= 0.3 is 0 Å². The monoisotopic (exact) mass is 292 g/mol. The van der Waals surface area contributed by atoms with Gasteiger partial charge in [-0.15, -0.1) is 0 Å². The zero-order chi connectivity index (χ0) is 15.4. The summed E-state index contributed by atoms with van der Waals surface area (Å²) in [4.78, 5) is 24.6. The van der Waals surface area contributed by atoms with Gasteiger partial charge in [0.1, 0.15) is 5.56 Å². The highest BCUT2D eigenvalue weighted by molar-refractivity contribution is 5.95. The molecule has 6 nitrogen and oxygen atoms in total. The summed E-state index contributed by atoms with van der Waals surface area (Å²) in [7, 11) is 0. The number of carbonyl (C=O) groups is 1. The van der Waals surface area contributed by atoms with Crippen LogP contribution in [0.4, 0.5) is 0 Å². The molecular formula is C15H24N4O2. The predicted octanol–water partition coefficient (Wildman–Crippen LogP) is 0.752. The van der Waals surface area contributed by atoms with Gasteiger partial charge in [0.2, 0.25) is 0 Å². The maximum Gasteiger partial charge on any atom is 0.277 e. The third kappa shape index (κ3) is 3.15. The molecule has 1 fully saturated rings. The standard InChI is InChI=1S/C15H24N4O2/c1-3-10-11(4-2)18-19-15(21)13(10)14(20)17-12-7-5-6-9(12)8-16/h9,12H,3-8,16H2,1-2H3,(H,17,20)(H,19,21). The second kappa shape index (κ2) is 6.85. The van der Waals surface area contributed by atoms with E-state index in [1.807, 2.05) is 13.8 Å². The molecular weight excluding hydrogens is 268 g/mol. The van der Waals surface area contributed by atoms with Gasteiger partial charge in [-0.3, -0.25) is 9.59 Å². The number of rotatable bonds is 5. The van der Waals surface area contributed by atoms with Crippen LogP contribution in [0.3, 0.4) is 0 Å². The first-order valence-electron chi connectivity index (χ1n) is 7.73. The second-order valence-electron chi connectivity index (χ2n) is 5.57. The quantitative estimate of drug-likeness (QED) is 0.745. The predicted molar refractivity (Wildman–Crippen MR) is 81.3 cm³/mol. The Kier molecular flexibility index (Phi) is 5.12. The lowest BCUT2D eigenvalue weighted by Gasteiger charge is -2.20. The SMILES string of the molecule is CCc1n[nH]c(=O)c(C(=O)NC2CCCC2CN)c1CC. The van der Waals surface area contributed by atoms with Crippen molar-refractivity contribution in [1.29, 1.82) is 0 Å². The minimum Gasteiger partial charge on any atom is -0.349 e. The van der Waals surface area contributed by atoms with Crippen molar-refractivity contribution in [2.75, 3.05) is 6.54 Å². The average Bonchev–Trinajstić information content (AvgIpc) is 2.93. The van der Waals surface area contributed by atoms with E-state index in [-0.39, 0.29) is 17.5 Å². The zero-order valence-corrected chi connectivity index (χ0v) is 12.7. The Morgan fingerprint density at radius 2 is 2.14 bits per heavy atom. The molecule has 2 unspecified atom stereocenters. The van der Waals surface area contributed by atoms with E-state index < -0.39 is 5.56 Å². The number of aromatic amines is 1. The number of hydrogen-bond acceptors (Lipinski definition) is 4. The van der Waals surface area contributed by atoms with Crippen molar-refractivity contribution < 1.29 is 4.79 Å². The number of amides is 1. The van der Waals surface area contributed by atoms with Crippen LogP contribution in [0.2, 0.25) is 0 Å². The molecule has 0 saturated heterocycles. The molecule has 4 N–H and O–H groups in total. The summed E-state index contributed by atoms with van der Waals surface area (Å²) in [6.07, 6.45) is 4.34. The normalized spacial score (nSPS) is 21.5. The molecule has 6 heteroatoms. The van der Waals surface area contributed by atoms with Crippen LogP contribution in [0.5, 0.6) is 0 Å². The molecule has 1 aromatic rings. The highest BCUT2D eigenvalue weighted by atomic mass is 16.2. The lowest BCUT2D eigenvalue weighted by atomic mass is 10.0. The minimum absolute atomic E-state index is 0.0739. The van der Waals surface area contributed by atoms with Gasteiger partial charge in [0, 0.05) is 6.04 Å². The van der Waals surface area contributed by atoms with Crippen LogP contribution >= 0.6 is 0 Å². The molecule has 2 rings (SSSR count). The van der Waals surface area contributed by atoms with Gasteiger partial charge in [0.25, 0.3) is 11.5 Å². The minimum atomic E-state index is -0.413. The molecule has 0 spiro atoms. The van der Waals surface area contributed by atoms with Crippen LogP contribution in [-0.4, -0.2) is 28.7 Å². The van der Waals surface area contributed by atoms with E-state index in [2.05, 4.69) is 15.5 Å². The van der Waals surface area contributed by atoms with Crippen LogP contribution in [-0.2, 0) is 12.8 Å². The van der Waals surface area contributed by atoms with Gasteiger partial charge < -0.3 is 11.1 Å². The van der Waals surface area contributed by atoms with Gasteiger partial charge in [0.05, 0.1) is 5.69 Å². The number of carbonyl (C=O) groups excluding carboxylic acids is 1. The van der Waals surface area contributed by atoms with Crippen molar-refractivity contribution in [3.8, 4) is 0 Å². The Labute approximate surface area is 124 Å². The summed E-state index contributed by atoms with van der Waals surface area (Å²) in [5, 5.41) is 9.47. The number of nitrogens with one attached hydrogen (secondary N) is 2. The number of nitrogens with zero attached hydrogens (tertiary/aromatic N) is 1. The Balaban J connectivity index is 2.28. The fraction of sp³-hybridized carbons (Fsp3) is 0.667. The molecule has 0 radical (unpaired) electrons. The van der Waals surface area contributed by atoms with Crippen LogP contribution in [0.25, 0.3) is 0 Å². The van der Waals surface area contributed by atoms with E-state index in [1.54, 1.807) is 0 Å². The first-order chi connectivity index (χ1) is 10.1. The molecule has 1 aromatic heterocycles. The number of aryl methyl sites for hydroxylation is 1. The second-order valence-corrected chi connectivity index (χ2v) is 5.57. The lowest BCUT2D eigenvalue weighted by molar-refractivity contribution is 0.0926. The summed E-state index contributed by atoms with van der Waals surface area (Å²) in [5.41, 5.74) is 7.08. The van der Waals surface area contributed by atoms with Crippen molar-refractivity contribution in [3.63, 3.8) is 0 Å². The molecule has 1 aliphatic carbocycles. The highest BCUT2D eigenvalue weighted by Gasteiger charge is 2.29. The van der Waals surface area contributed by atoms with Crippen molar-refractivity contribution in [2.45, 2.75) is 52.0 Å². The van der Waals surface area contributed by atoms with E-state index in [9.17, 15) is 9.59 Å². The van der Waals surface area contributed by atoms with Crippen LogP contribution in [0.1, 0.15) is 54.7 Å². The van der Waals surface area contributed by atoms with E-state index >= 15 is 0 Å². The van der Waals surface area contributed by atoms with E-state index in [0.717, 1.165) is 30.5 Å². The van der Waals surface area contributed by atoms with Gasteiger partial charge in [-0.1, -0.05) is 20.3 Å². The van der Waals surface area contributed by atoms with E-state index in [1.165, 1.54) is 0 Å². The van der Waals surface area contributed by atoms with Gasteiger partial charge in [-0.25, -0.2) is 5.10 Å². The van der Waals surface area contributed by atoms with Gasteiger partial charge in [-0.2, -0.15) is 5.10 Å². The topological polar surface area (TPSA) is 101 Å². The fourth-order valence-corrected chi connectivity index (χ4v) is 3.19. The van der Waals surface area contributed by atoms with Crippen molar-refractivity contribution >= 4 is 5.91 Å². The Morgan fingerprint density at radius 3 is 2.76 bits per heavy atom. The smallest absolute Gasteiger partial charge is 0.277 e. The summed E-state index contributed by atoms with van der Waals surface area (Å²) < 4.78 is 0. The molecule has 0 aliphatic heterocycles. The molecule has 1 aliphatic rings. The van der Waals surface area contributed by atoms with Gasteiger partial charge in [0.15, 0.2) is 0 Å². The lowest BCUT2D eigenvalue weighted by Crippen LogP contribution is -2.42. The molecule has 21 heavy (non-hydrogen) atoms. The zero-order valence-electron chi connectivity index (χ0n) is 12.7. The Morgan fingerprint density at radius 1 is 1.38 bits per heavy atom. The molecule has 0 aromatic carbocycles. The molecule has 2 atom stereocenters. The number of hydrogen-bond donors (Lipinski definition) is 3. The molecule has 1 heterocycles.